The molecule has 0 radical (unpaired) electrons. The van der Waals surface area contributed by atoms with Gasteiger partial charge in [-0.1, -0.05) is 13.8 Å². The van der Waals surface area contributed by atoms with Gasteiger partial charge in [0.2, 0.25) is 0 Å². The maximum atomic E-state index is 13.9. The summed E-state index contributed by atoms with van der Waals surface area (Å²) in [5.74, 6) is 0.0120. The first-order chi connectivity index (χ1) is 18.4. The Kier molecular flexibility index (Phi) is 6.77. The number of aliphatic hydroxyl groups is 1. The van der Waals surface area contributed by atoms with Gasteiger partial charge in [0, 0.05) is 48.5 Å². The second kappa shape index (κ2) is 9.81. The molecule has 0 aromatic carbocycles. The van der Waals surface area contributed by atoms with E-state index in [2.05, 4.69) is 15.1 Å². The standard InChI is InChI=1S/C26H31N7O5S/c1-14(2)11-31-23-20(21(34)30(6)25(31)36)19(22(35)32-12-26(5,37)13-38-32)18(39-23)10-17-15(3)29-33(16(17)4)24-27-8-7-9-28-24/h7-9,14,37H,10-13H2,1-6H3/t26-/m0/s1. The average molecular weight is 554 g/mol. The molecule has 4 aromatic heterocycles. The quantitative estimate of drug-likeness (QED) is 0.381. The third kappa shape index (κ3) is 4.70. The van der Waals surface area contributed by atoms with Gasteiger partial charge in [-0.3, -0.25) is 23.6 Å². The molecule has 4 aromatic rings. The summed E-state index contributed by atoms with van der Waals surface area (Å²) in [6, 6.07) is 1.72. The average Bonchev–Trinajstić information content (AvgIpc) is 3.54. The van der Waals surface area contributed by atoms with Gasteiger partial charge in [-0.25, -0.2) is 24.5 Å². The molecule has 5 heterocycles. The minimum absolute atomic E-state index is 0.0457. The molecular formula is C26H31N7O5S. The van der Waals surface area contributed by atoms with Gasteiger partial charge in [0.1, 0.15) is 17.0 Å². The third-order valence-electron chi connectivity index (χ3n) is 6.77. The summed E-state index contributed by atoms with van der Waals surface area (Å²) in [6.45, 7) is 9.60. The van der Waals surface area contributed by atoms with Crippen molar-refractivity contribution in [1.82, 2.24) is 33.9 Å². The van der Waals surface area contributed by atoms with Crippen molar-refractivity contribution in [3.8, 4) is 5.95 Å². The Hall–Kier alpha value is -3.68. The highest BCUT2D eigenvalue weighted by atomic mass is 32.1. The van der Waals surface area contributed by atoms with Gasteiger partial charge < -0.3 is 5.11 Å². The number of carbonyl (C=O) groups excluding carboxylic acids is 1. The van der Waals surface area contributed by atoms with E-state index in [1.54, 1.807) is 34.6 Å². The first-order valence-corrected chi connectivity index (χ1v) is 13.5. The Bertz CT molecular complexity index is 1700. The van der Waals surface area contributed by atoms with Crippen LogP contribution in [0.5, 0.6) is 0 Å². The minimum Gasteiger partial charge on any atom is -0.386 e. The van der Waals surface area contributed by atoms with Crippen LogP contribution in [0.25, 0.3) is 16.2 Å². The third-order valence-corrected chi connectivity index (χ3v) is 7.98. The fourth-order valence-electron chi connectivity index (χ4n) is 4.81. The fourth-order valence-corrected chi connectivity index (χ4v) is 6.11. The van der Waals surface area contributed by atoms with Crippen LogP contribution in [0.2, 0.25) is 0 Å². The Balaban J connectivity index is 1.73. The molecule has 12 nitrogen and oxygen atoms in total. The summed E-state index contributed by atoms with van der Waals surface area (Å²) in [5, 5.41) is 16.3. The molecule has 1 saturated heterocycles. The zero-order valence-corrected chi connectivity index (χ0v) is 23.6. The van der Waals surface area contributed by atoms with Crippen molar-refractivity contribution in [2.45, 2.75) is 53.2 Å². The van der Waals surface area contributed by atoms with E-state index in [1.807, 2.05) is 27.7 Å². The summed E-state index contributed by atoms with van der Waals surface area (Å²) in [6.07, 6.45) is 3.56. The molecule has 1 N–H and O–H groups in total. The van der Waals surface area contributed by atoms with Crippen molar-refractivity contribution in [1.29, 1.82) is 0 Å². The van der Waals surface area contributed by atoms with Crippen molar-refractivity contribution in [2.75, 3.05) is 13.2 Å². The molecular weight excluding hydrogens is 522 g/mol. The van der Waals surface area contributed by atoms with Gasteiger partial charge in [0.15, 0.2) is 0 Å². The summed E-state index contributed by atoms with van der Waals surface area (Å²) < 4.78 is 4.25. The molecule has 39 heavy (non-hydrogen) atoms. The van der Waals surface area contributed by atoms with E-state index in [4.69, 9.17) is 4.84 Å². The van der Waals surface area contributed by atoms with Crippen LogP contribution in [0.15, 0.2) is 28.0 Å². The second-order valence-electron chi connectivity index (χ2n) is 10.6. The lowest BCUT2D eigenvalue weighted by molar-refractivity contribution is -0.0796. The number of carbonyl (C=O) groups is 1. The normalized spacial score (nSPS) is 17.6. The SMILES string of the molecule is Cc1nn(-c2ncccn2)c(C)c1Cc1sc2c(c1C(=O)N1C[C@](C)(O)CO1)c(=O)n(C)c(=O)n2CC(C)C. The molecule has 206 valence electrons. The summed E-state index contributed by atoms with van der Waals surface area (Å²) in [4.78, 5) is 55.7. The molecule has 0 unspecified atom stereocenters. The van der Waals surface area contributed by atoms with Gasteiger partial charge in [-0.05, 0) is 32.8 Å². The van der Waals surface area contributed by atoms with Crippen molar-refractivity contribution >= 4 is 27.5 Å². The lowest BCUT2D eigenvalue weighted by Gasteiger charge is -2.17. The van der Waals surface area contributed by atoms with E-state index in [9.17, 15) is 19.5 Å². The molecule has 1 atom stereocenters. The predicted molar refractivity (Wildman–Crippen MR) is 145 cm³/mol. The van der Waals surface area contributed by atoms with Crippen molar-refractivity contribution in [2.24, 2.45) is 13.0 Å². The van der Waals surface area contributed by atoms with Crippen LogP contribution in [0.1, 0.15) is 53.0 Å². The van der Waals surface area contributed by atoms with E-state index in [1.165, 1.54) is 18.4 Å². The fraction of sp³-hybridized carbons (Fsp3) is 0.462. The zero-order valence-electron chi connectivity index (χ0n) is 22.8. The summed E-state index contributed by atoms with van der Waals surface area (Å²) in [7, 11) is 1.42. The van der Waals surface area contributed by atoms with Crippen LogP contribution < -0.4 is 11.2 Å². The Morgan fingerprint density at radius 1 is 1.23 bits per heavy atom. The number of hydrogen-bond donors (Lipinski definition) is 1. The van der Waals surface area contributed by atoms with E-state index >= 15 is 0 Å². The second-order valence-corrected chi connectivity index (χ2v) is 11.7. The lowest BCUT2D eigenvalue weighted by atomic mass is 10.0. The number of amides is 1. The number of nitrogens with zero attached hydrogens (tertiary/aromatic N) is 7. The minimum atomic E-state index is -1.21. The van der Waals surface area contributed by atoms with E-state index in [0.29, 0.717) is 22.2 Å². The van der Waals surface area contributed by atoms with Crippen LogP contribution in [0, 0.1) is 19.8 Å². The van der Waals surface area contributed by atoms with Gasteiger partial charge in [-0.2, -0.15) is 5.10 Å². The van der Waals surface area contributed by atoms with Crippen molar-refractivity contribution in [3.05, 3.63) is 66.7 Å². The molecule has 13 heteroatoms. The number of hydroxylamine groups is 2. The Labute approximate surface area is 228 Å². The number of rotatable bonds is 6. The maximum absolute atomic E-state index is 13.9. The van der Waals surface area contributed by atoms with E-state index in [-0.39, 0.29) is 36.4 Å². The van der Waals surface area contributed by atoms with Crippen LogP contribution in [0.4, 0.5) is 0 Å². The largest absolute Gasteiger partial charge is 0.386 e. The monoisotopic (exact) mass is 553 g/mol. The van der Waals surface area contributed by atoms with Crippen molar-refractivity contribution < 1.29 is 14.7 Å². The first-order valence-electron chi connectivity index (χ1n) is 12.6. The predicted octanol–water partition coefficient (Wildman–Crippen LogP) is 1.74. The summed E-state index contributed by atoms with van der Waals surface area (Å²) >= 11 is 1.25. The molecule has 1 aliphatic rings. The lowest BCUT2D eigenvalue weighted by Crippen LogP contribution is -2.39. The number of aromatic nitrogens is 6. The topological polar surface area (TPSA) is 137 Å². The van der Waals surface area contributed by atoms with Gasteiger partial charge in [-0.15, -0.1) is 11.3 Å². The molecule has 1 aliphatic heterocycles. The molecule has 0 saturated carbocycles. The smallest absolute Gasteiger partial charge is 0.331 e. The number of β-amino-alcohol motifs (C(OH)–C–C–N with tert-alkyl or cyclic N) is 1. The molecule has 1 amide bonds. The molecule has 5 rings (SSSR count). The molecule has 0 aliphatic carbocycles. The maximum Gasteiger partial charge on any atom is 0.331 e. The summed E-state index contributed by atoms with van der Waals surface area (Å²) in [5.41, 5.74) is 0.353. The van der Waals surface area contributed by atoms with Gasteiger partial charge in [0.25, 0.3) is 17.4 Å². The number of fused-ring (bicyclic) bond motifs is 1. The van der Waals surface area contributed by atoms with Crippen LogP contribution in [-0.2, 0) is 24.9 Å². The van der Waals surface area contributed by atoms with Crippen LogP contribution >= 0.6 is 11.3 Å². The highest BCUT2D eigenvalue weighted by Crippen LogP contribution is 2.34. The Morgan fingerprint density at radius 3 is 2.54 bits per heavy atom. The van der Waals surface area contributed by atoms with Crippen molar-refractivity contribution in [3.63, 3.8) is 0 Å². The zero-order chi connectivity index (χ0) is 28.2. The molecule has 0 bridgehead atoms. The van der Waals surface area contributed by atoms with E-state index in [0.717, 1.165) is 26.6 Å². The number of thiophene rings is 1. The van der Waals surface area contributed by atoms with Gasteiger partial charge >= 0.3 is 5.69 Å². The highest BCUT2D eigenvalue weighted by molar-refractivity contribution is 7.19. The van der Waals surface area contributed by atoms with Crippen LogP contribution in [0.3, 0.4) is 0 Å². The number of hydrogen-bond acceptors (Lipinski definition) is 9. The van der Waals surface area contributed by atoms with Gasteiger partial charge in [0.05, 0.1) is 23.2 Å². The highest BCUT2D eigenvalue weighted by Gasteiger charge is 2.39. The molecule has 0 spiro atoms. The number of aryl methyl sites for hydroxylation is 1. The first kappa shape index (κ1) is 26.9. The van der Waals surface area contributed by atoms with Crippen LogP contribution in [-0.4, -0.2) is 63.7 Å². The molecule has 1 fully saturated rings. The van der Waals surface area contributed by atoms with E-state index < -0.39 is 22.8 Å². The Morgan fingerprint density at radius 2 is 1.92 bits per heavy atom.